The van der Waals surface area contributed by atoms with E-state index < -0.39 is 5.97 Å². The van der Waals surface area contributed by atoms with Gasteiger partial charge < -0.3 is 10.4 Å². The van der Waals surface area contributed by atoms with Gasteiger partial charge in [0.15, 0.2) is 4.96 Å². The maximum Gasteiger partial charge on any atom is 0.335 e. The van der Waals surface area contributed by atoms with Crippen LogP contribution in [0.25, 0.3) is 26.4 Å². The van der Waals surface area contributed by atoms with Gasteiger partial charge in [0.05, 0.1) is 27.5 Å². The molecule has 2 aromatic heterocycles. The molecule has 0 saturated carbocycles. The zero-order valence-corrected chi connectivity index (χ0v) is 15.3. The monoisotopic (exact) mass is 395 g/mol. The molecule has 1 amide bonds. The second kappa shape index (κ2) is 6.13. The van der Waals surface area contributed by atoms with E-state index in [1.54, 1.807) is 30.5 Å². The maximum absolute atomic E-state index is 14.8. The van der Waals surface area contributed by atoms with Crippen LogP contribution in [-0.2, 0) is 4.79 Å². The van der Waals surface area contributed by atoms with Crippen molar-refractivity contribution in [3.05, 3.63) is 59.5 Å². The summed E-state index contributed by atoms with van der Waals surface area (Å²) in [5.41, 5.74) is 2.70. The van der Waals surface area contributed by atoms with E-state index in [1.165, 1.54) is 17.4 Å². The molecule has 6 nitrogen and oxygen atoms in total. The van der Waals surface area contributed by atoms with Gasteiger partial charge in [-0.1, -0.05) is 17.4 Å². The molecule has 0 spiro atoms. The molecule has 2 aromatic carbocycles. The first kappa shape index (κ1) is 16.9. The zero-order valence-electron chi connectivity index (χ0n) is 14.5. The van der Waals surface area contributed by atoms with Gasteiger partial charge in [-0.15, -0.1) is 0 Å². The molecule has 3 heterocycles. The normalized spacial score (nSPS) is 16.8. The van der Waals surface area contributed by atoms with Crippen molar-refractivity contribution in [1.82, 2.24) is 14.7 Å². The first-order valence-corrected chi connectivity index (χ1v) is 9.55. The average molecular weight is 395 g/mol. The van der Waals surface area contributed by atoms with E-state index in [9.17, 15) is 14.0 Å². The van der Waals surface area contributed by atoms with Crippen LogP contribution in [0.3, 0.4) is 0 Å². The summed E-state index contributed by atoms with van der Waals surface area (Å²) in [7, 11) is 0. The number of carboxylic acid groups (broad SMARTS) is 1. The smallest absolute Gasteiger partial charge is 0.335 e. The van der Waals surface area contributed by atoms with Crippen molar-refractivity contribution >= 4 is 38.4 Å². The Morgan fingerprint density at radius 3 is 2.86 bits per heavy atom. The molecule has 1 saturated heterocycles. The fraction of sp³-hybridized carbons (Fsp3) is 0.150. The van der Waals surface area contributed by atoms with Crippen molar-refractivity contribution in [2.45, 2.75) is 18.9 Å². The molecule has 28 heavy (non-hydrogen) atoms. The highest BCUT2D eigenvalue weighted by Crippen LogP contribution is 2.32. The van der Waals surface area contributed by atoms with Gasteiger partial charge in [-0.2, -0.15) is 0 Å². The van der Waals surface area contributed by atoms with Crippen LogP contribution in [0.4, 0.5) is 4.39 Å². The molecule has 1 atom stereocenters. The lowest BCUT2D eigenvalue weighted by Gasteiger charge is -2.11. The Bertz CT molecular complexity index is 1280. The fourth-order valence-corrected chi connectivity index (χ4v) is 4.63. The molecule has 0 aliphatic carbocycles. The second-order valence-corrected chi connectivity index (χ2v) is 7.78. The van der Waals surface area contributed by atoms with Crippen molar-refractivity contribution < 1.29 is 19.1 Å². The lowest BCUT2D eigenvalue weighted by molar-refractivity contribution is -0.119. The van der Waals surface area contributed by atoms with Crippen molar-refractivity contribution in [3.8, 4) is 11.3 Å². The van der Waals surface area contributed by atoms with Crippen molar-refractivity contribution in [1.29, 1.82) is 0 Å². The molecule has 140 valence electrons. The number of amides is 1. The Hall–Kier alpha value is -3.26. The SMILES string of the molecule is O=C1CC[C@H](c2ccc(-c3cn4c(n3)sc3cc(C(=O)O)ccc34)c(F)c2)N1. The number of fused-ring (bicyclic) bond motifs is 3. The van der Waals surface area contributed by atoms with Crippen LogP contribution in [-0.4, -0.2) is 26.4 Å². The van der Waals surface area contributed by atoms with Crippen LogP contribution < -0.4 is 5.32 Å². The number of carbonyl (C=O) groups is 2. The minimum Gasteiger partial charge on any atom is -0.478 e. The topological polar surface area (TPSA) is 83.7 Å². The highest BCUT2D eigenvalue weighted by Gasteiger charge is 2.23. The van der Waals surface area contributed by atoms with E-state index in [0.29, 0.717) is 29.1 Å². The van der Waals surface area contributed by atoms with Gasteiger partial charge in [0, 0.05) is 18.2 Å². The van der Waals surface area contributed by atoms with Gasteiger partial charge in [0.2, 0.25) is 5.91 Å². The van der Waals surface area contributed by atoms with Crippen LogP contribution in [0.1, 0.15) is 34.8 Å². The summed E-state index contributed by atoms with van der Waals surface area (Å²) in [6.45, 7) is 0. The summed E-state index contributed by atoms with van der Waals surface area (Å²) in [4.78, 5) is 27.7. The van der Waals surface area contributed by atoms with E-state index in [1.807, 2.05) is 10.5 Å². The highest BCUT2D eigenvalue weighted by molar-refractivity contribution is 7.23. The van der Waals surface area contributed by atoms with E-state index in [4.69, 9.17) is 5.11 Å². The van der Waals surface area contributed by atoms with Crippen molar-refractivity contribution in [2.75, 3.05) is 0 Å². The van der Waals surface area contributed by atoms with Crippen LogP contribution in [0.5, 0.6) is 0 Å². The van der Waals surface area contributed by atoms with Crippen LogP contribution in [0.2, 0.25) is 0 Å². The van der Waals surface area contributed by atoms with Gasteiger partial charge >= 0.3 is 5.97 Å². The number of halogens is 1. The van der Waals surface area contributed by atoms with Crippen LogP contribution in [0, 0.1) is 5.82 Å². The Balaban J connectivity index is 1.54. The van der Waals surface area contributed by atoms with E-state index >= 15 is 0 Å². The average Bonchev–Trinajstić information content (AvgIpc) is 3.35. The lowest BCUT2D eigenvalue weighted by Crippen LogP contribution is -2.18. The first-order valence-electron chi connectivity index (χ1n) is 8.74. The largest absolute Gasteiger partial charge is 0.478 e. The summed E-state index contributed by atoms with van der Waals surface area (Å²) in [5, 5.41) is 12.0. The number of hydrogen-bond donors (Lipinski definition) is 2. The quantitative estimate of drug-likeness (QED) is 0.549. The molecule has 1 aliphatic rings. The Labute approximate surface area is 162 Å². The van der Waals surface area contributed by atoms with E-state index in [0.717, 1.165) is 15.8 Å². The molecule has 0 bridgehead atoms. The molecule has 0 unspecified atom stereocenters. The van der Waals surface area contributed by atoms with Gasteiger partial charge in [-0.3, -0.25) is 9.20 Å². The summed E-state index contributed by atoms with van der Waals surface area (Å²) < 4.78 is 17.4. The van der Waals surface area contributed by atoms with Crippen molar-refractivity contribution in [3.63, 3.8) is 0 Å². The minimum absolute atomic E-state index is 0.0123. The number of carboxylic acids is 1. The molecule has 1 aliphatic heterocycles. The number of hydrogen-bond acceptors (Lipinski definition) is 4. The van der Waals surface area contributed by atoms with Crippen LogP contribution >= 0.6 is 11.3 Å². The molecule has 1 fully saturated rings. The fourth-order valence-electron chi connectivity index (χ4n) is 3.58. The van der Waals surface area contributed by atoms with Crippen molar-refractivity contribution in [2.24, 2.45) is 0 Å². The molecule has 0 radical (unpaired) electrons. The number of nitrogens with zero attached hydrogens (tertiary/aromatic N) is 2. The standard InChI is InChI=1S/C20H14FN3O3S/c21-13-7-10(14-4-6-18(25)22-14)1-3-12(13)15-9-24-16-5-2-11(19(26)27)8-17(16)28-20(24)23-15/h1-3,5,7-9,14H,4,6H2,(H,22,25)(H,26,27)/t14-/m1/s1. The van der Waals surface area contributed by atoms with Gasteiger partial charge in [-0.05, 0) is 42.3 Å². The summed E-state index contributed by atoms with van der Waals surface area (Å²) >= 11 is 1.36. The Morgan fingerprint density at radius 2 is 2.14 bits per heavy atom. The molecule has 2 N–H and O–H groups in total. The number of thiazole rings is 1. The number of benzene rings is 2. The number of carbonyl (C=O) groups excluding carboxylic acids is 1. The number of rotatable bonds is 3. The van der Waals surface area contributed by atoms with E-state index in [2.05, 4.69) is 10.3 Å². The van der Waals surface area contributed by atoms with Gasteiger partial charge in [0.25, 0.3) is 0 Å². The van der Waals surface area contributed by atoms with Crippen LogP contribution in [0.15, 0.2) is 42.6 Å². The Morgan fingerprint density at radius 1 is 1.29 bits per heavy atom. The highest BCUT2D eigenvalue weighted by atomic mass is 32.1. The maximum atomic E-state index is 14.8. The molecule has 5 rings (SSSR count). The number of aromatic nitrogens is 2. The van der Waals surface area contributed by atoms with E-state index in [-0.39, 0.29) is 23.3 Å². The minimum atomic E-state index is -0.978. The lowest BCUT2D eigenvalue weighted by atomic mass is 10.0. The first-order chi connectivity index (χ1) is 13.5. The number of aromatic carboxylic acids is 1. The second-order valence-electron chi connectivity index (χ2n) is 6.77. The summed E-state index contributed by atoms with van der Waals surface area (Å²) in [5.74, 6) is -1.38. The summed E-state index contributed by atoms with van der Waals surface area (Å²) in [6.07, 6.45) is 2.88. The Kier molecular flexibility index (Phi) is 3.70. The molecular formula is C20H14FN3O3S. The zero-order chi connectivity index (χ0) is 19.4. The predicted molar refractivity (Wildman–Crippen MR) is 103 cm³/mol. The molecule has 4 aromatic rings. The molecular weight excluding hydrogens is 381 g/mol. The molecule has 8 heteroatoms. The third-order valence-corrected chi connectivity index (χ3v) is 6.03. The third-order valence-electron chi connectivity index (χ3n) is 5.01. The van der Waals surface area contributed by atoms with Gasteiger partial charge in [0.1, 0.15) is 5.82 Å². The predicted octanol–water partition coefficient (Wildman–Crippen LogP) is 4.00. The third kappa shape index (κ3) is 2.65. The summed E-state index contributed by atoms with van der Waals surface area (Å²) in [6, 6.07) is 9.70. The number of imidazole rings is 1. The van der Waals surface area contributed by atoms with Gasteiger partial charge in [-0.25, -0.2) is 14.2 Å². The number of nitrogens with one attached hydrogen (secondary N) is 1.